The number of hydrogen-bond acceptors (Lipinski definition) is 2. The van der Waals surface area contributed by atoms with Crippen LogP contribution in [0, 0.1) is 0 Å². The van der Waals surface area contributed by atoms with Crippen LogP contribution in [-0.4, -0.2) is 16.2 Å². The molecule has 2 N–H and O–H groups in total. The molecule has 0 unspecified atom stereocenters. The zero-order chi connectivity index (χ0) is 15.5. The maximum atomic E-state index is 11.6. The Morgan fingerprint density at radius 2 is 1.18 bits per heavy atom. The van der Waals surface area contributed by atoms with Crippen molar-refractivity contribution in [2.24, 2.45) is 0 Å². The van der Waals surface area contributed by atoms with Gasteiger partial charge in [-0.3, -0.25) is 0 Å². The van der Waals surface area contributed by atoms with E-state index in [-0.39, 0.29) is 11.3 Å². The number of carboxylic acids is 1. The summed E-state index contributed by atoms with van der Waals surface area (Å²) in [4.78, 5) is 11.6. The summed E-state index contributed by atoms with van der Waals surface area (Å²) in [6.07, 6.45) is 0. The third-order valence-electron chi connectivity index (χ3n) is 3.54. The molecule has 22 heavy (non-hydrogen) atoms. The number of carboxylic acid groups (broad SMARTS) is 1. The van der Waals surface area contributed by atoms with Gasteiger partial charge in [0.2, 0.25) is 0 Å². The zero-order valence-corrected chi connectivity index (χ0v) is 11.7. The van der Waals surface area contributed by atoms with E-state index in [1.165, 1.54) is 12.1 Å². The first-order valence-corrected chi connectivity index (χ1v) is 6.88. The Hall–Kier alpha value is -3.07. The average Bonchev–Trinajstić information content (AvgIpc) is 2.56. The quantitative estimate of drug-likeness (QED) is 0.750. The van der Waals surface area contributed by atoms with Gasteiger partial charge in [0, 0.05) is 11.1 Å². The standard InChI is InChI=1S/C19H14O3/c20-16-12-11-15(19(21)22)17(13-7-3-1-4-8-13)18(16)14-9-5-2-6-10-14/h1-12,20H,(H,21,22). The Balaban J connectivity index is 2.38. The molecule has 0 spiro atoms. The first kappa shape index (κ1) is 13.9. The zero-order valence-electron chi connectivity index (χ0n) is 11.7. The van der Waals surface area contributed by atoms with E-state index < -0.39 is 5.97 Å². The third kappa shape index (κ3) is 2.44. The van der Waals surface area contributed by atoms with Gasteiger partial charge in [-0.1, -0.05) is 60.7 Å². The second kappa shape index (κ2) is 5.74. The largest absolute Gasteiger partial charge is 0.507 e. The van der Waals surface area contributed by atoms with Crippen LogP contribution in [0.4, 0.5) is 0 Å². The van der Waals surface area contributed by atoms with Crippen LogP contribution in [0.1, 0.15) is 10.4 Å². The van der Waals surface area contributed by atoms with Crippen LogP contribution in [0.25, 0.3) is 22.3 Å². The molecule has 0 heterocycles. The summed E-state index contributed by atoms with van der Waals surface area (Å²) >= 11 is 0. The number of rotatable bonds is 3. The topological polar surface area (TPSA) is 57.5 Å². The van der Waals surface area contributed by atoms with Crippen molar-refractivity contribution in [2.75, 3.05) is 0 Å². The van der Waals surface area contributed by atoms with Gasteiger partial charge in [-0.05, 0) is 23.3 Å². The van der Waals surface area contributed by atoms with Crippen LogP contribution >= 0.6 is 0 Å². The van der Waals surface area contributed by atoms with Crippen LogP contribution in [0.15, 0.2) is 72.8 Å². The van der Waals surface area contributed by atoms with Crippen molar-refractivity contribution in [1.82, 2.24) is 0 Å². The number of phenolic OH excluding ortho intramolecular Hbond substituents is 1. The highest BCUT2D eigenvalue weighted by Gasteiger charge is 2.19. The van der Waals surface area contributed by atoms with Gasteiger partial charge in [0.25, 0.3) is 0 Å². The van der Waals surface area contributed by atoms with Gasteiger partial charge in [0.15, 0.2) is 0 Å². The van der Waals surface area contributed by atoms with Gasteiger partial charge >= 0.3 is 5.97 Å². The minimum atomic E-state index is -1.02. The number of carbonyl (C=O) groups is 1. The molecule has 0 aliphatic carbocycles. The summed E-state index contributed by atoms with van der Waals surface area (Å²) in [5.74, 6) is -0.953. The monoisotopic (exact) mass is 290 g/mol. The van der Waals surface area contributed by atoms with Crippen LogP contribution < -0.4 is 0 Å². The van der Waals surface area contributed by atoms with Crippen LogP contribution in [0.2, 0.25) is 0 Å². The molecule has 3 heteroatoms. The number of benzene rings is 3. The van der Waals surface area contributed by atoms with E-state index >= 15 is 0 Å². The summed E-state index contributed by atoms with van der Waals surface area (Å²) < 4.78 is 0. The highest BCUT2D eigenvalue weighted by atomic mass is 16.4. The van der Waals surface area contributed by atoms with Gasteiger partial charge < -0.3 is 10.2 Å². The minimum Gasteiger partial charge on any atom is -0.507 e. The molecule has 0 amide bonds. The highest BCUT2D eigenvalue weighted by molar-refractivity contribution is 6.02. The van der Waals surface area contributed by atoms with Gasteiger partial charge in [-0.15, -0.1) is 0 Å². The second-order valence-electron chi connectivity index (χ2n) is 4.92. The molecule has 3 aromatic rings. The van der Waals surface area contributed by atoms with Crippen LogP contribution in [0.3, 0.4) is 0 Å². The van der Waals surface area contributed by atoms with Gasteiger partial charge in [-0.2, -0.15) is 0 Å². The van der Waals surface area contributed by atoms with Crippen molar-refractivity contribution in [2.45, 2.75) is 0 Å². The fraction of sp³-hybridized carbons (Fsp3) is 0. The van der Waals surface area contributed by atoms with E-state index in [2.05, 4.69) is 0 Å². The Morgan fingerprint density at radius 1 is 0.682 bits per heavy atom. The smallest absolute Gasteiger partial charge is 0.336 e. The lowest BCUT2D eigenvalue weighted by molar-refractivity contribution is 0.0698. The maximum absolute atomic E-state index is 11.6. The van der Waals surface area contributed by atoms with E-state index in [1.54, 1.807) is 0 Å². The van der Waals surface area contributed by atoms with Crippen molar-refractivity contribution in [3.05, 3.63) is 78.4 Å². The minimum absolute atomic E-state index is 0.0649. The van der Waals surface area contributed by atoms with Crippen molar-refractivity contribution in [3.8, 4) is 28.0 Å². The molecule has 0 bridgehead atoms. The molecule has 0 fully saturated rings. The molecule has 3 aromatic carbocycles. The van der Waals surface area contributed by atoms with Crippen molar-refractivity contribution in [1.29, 1.82) is 0 Å². The van der Waals surface area contributed by atoms with Gasteiger partial charge in [0.1, 0.15) is 5.75 Å². The first-order valence-electron chi connectivity index (χ1n) is 6.88. The molecule has 3 rings (SSSR count). The fourth-order valence-corrected chi connectivity index (χ4v) is 2.57. The Kier molecular flexibility index (Phi) is 3.62. The lowest BCUT2D eigenvalue weighted by atomic mass is 9.89. The van der Waals surface area contributed by atoms with Crippen molar-refractivity contribution < 1.29 is 15.0 Å². The van der Waals surface area contributed by atoms with E-state index in [0.717, 1.165) is 11.1 Å². The molecule has 0 saturated heterocycles. The van der Waals surface area contributed by atoms with Gasteiger partial charge in [0.05, 0.1) is 5.56 Å². The SMILES string of the molecule is O=C(O)c1ccc(O)c(-c2ccccc2)c1-c1ccccc1. The normalized spacial score (nSPS) is 10.4. The molecule has 0 saturated carbocycles. The Bertz CT molecular complexity index is 809. The average molecular weight is 290 g/mol. The number of aromatic hydroxyl groups is 1. The number of hydrogen-bond donors (Lipinski definition) is 2. The molecule has 0 aromatic heterocycles. The Labute approximate surface area is 128 Å². The summed E-state index contributed by atoms with van der Waals surface area (Å²) in [5, 5.41) is 19.8. The first-order chi connectivity index (χ1) is 10.7. The van der Waals surface area contributed by atoms with Crippen molar-refractivity contribution >= 4 is 5.97 Å². The molecule has 3 nitrogen and oxygen atoms in total. The van der Waals surface area contributed by atoms with E-state index in [4.69, 9.17) is 0 Å². The summed E-state index contributed by atoms with van der Waals surface area (Å²) in [6, 6.07) is 21.4. The van der Waals surface area contributed by atoms with Gasteiger partial charge in [-0.25, -0.2) is 4.79 Å². The highest BCUT2D eigenvalue weighted by Crippen LogP contribution is 2.40. The van der Waals surface area contributed by atoms with E-state index in [9.17, 15) is 15.0 Å². The fourth-order valence-electron chi connectivity index (χ4n) is 2.57. The molecule has 0 aliphatic heterocycles. The van der Waals surface area contributed by atoms with Crippen molar-refractivity contribution in [3.63, 3.8) is 0 Å². The molecule has 0 radical (unpaired) electrons. The second-order valence-corrected chi connectivity index (χ2v) is 4.92. The summed E-state index contributed by atoms with van der Waals surface area (Å²) in [5.41, 5.74) is 2.77. The van der Waals surface area contributed by atoms with Crippen LogP contribution in [-0.2, 0) is 0 Å². The molecule has 108 valence electrons. The van der Waals surface area contributed by atoms with E-state index in [0.29, 0.717) is 11.1 Å². The maximum Gasteiger partial charge on any atom is 0.336 e. The molecule has 0 atom stereocenters. The lowest BCUT2D eigenvalue weighted by Crippen LogP contribution is -2.01. The predicted octanol–water partition coefficient (Wildman–Crippen LogP) is 4.42. The van der Waals surface area contributed by atoms with E-state index in [1.807, 2.05) is 60.7 Å². The summed E-state index contributed by atoms with van der Waals surface area (Å²) in [7, 11) is 0. The molecular formula is C19H14O3. The molecular weight excluding hydrogens is 276 g/mol. The lowest BCUT2D eigenvalue weighted by Gasteiger charge is -2.15. The molecule has 0 aliphatic rings. The van der Waals surface area contributed by atoms with Crippen LogP contribution in [0.5, 0.6) is 5.75 Å². The number of aromatic carboxylic acids is 1. The Morgan fingerprint density at radius 3 is 1.68 bits per heavy atom. The summed E-state index contributed by atoms with van der Waals surface area (Å²) in [6.45, 7) is 0. The predicted molar refractivity (Wildman–Crippen MR) is 85.9 cm³/mol. The number of phenols is 1. The third-order valence-corrected chi connectivity index (χ3v) is 3.54.